The van der Waals surface area contributed by atoms with Crippen molar-refractivity contribution in [1.29, 1.82) is 0 Å². The molecule has 0 aliphatic rings. The van der Waals surface area contributed by atoms with Crippen molar-refractivity contribution in [3.8, 4) is 0 Å². The Morgan fingerprint density at radius 3 is 2.47 bits per heavy atom. The molecule has 0 spiro atoms. The summed E-state index contributed by atoms with van der Waals surface area (Å²) < 4.78 is 35.6. The second-order valence-electron chi connectivity index (χ2n) is 4.47. The summed E-state index contributed by atoms with van der Waals surface area (Å²) in [4.78, 5) is 0. The van der Waals surface area contributed by atoms with E-state index in [-0.39, 0.29) is 5.82 Å². The second-order valence-corrected chi connectivity index (χ2v) is 6.88. The number of benzene rings is 1. The van der Waals surface area contributed by atoms with Gasteiger partial charge in [0.1, 0.15) is 5.82 Å². The molecule has 2 unspecified atom stereocenters. The summed E-state index contributed by atoms with van der Waals surface area (Å²) in [5, 5.41) is -0.605. The second kappa shape index (κ2) is 5.14. The number of nitrogens with two attached hydrogens (primary N) is 1. The molecule has 0 aliphatic heterocycles. The fraction of sp³-hybridized carbons (Fsp3) is 0.500. The molecule has 0 aromatic heterocycles. The lowest BCUT2D eigenvalue weighted by atomic mass is 10.00. The van der Waals surface area contributed by atoms with E-state index >= 15 is 0 Å². The minimum atomic E-state index is -3.14. The molecule has 1 rings (SSSR count). The maximum Gasteiger partial charge on any atom is 0.151 e. The average Bonchev–Trinajstić information content (AvgIpc) is 2.19. The van der Waals surface area contributed by atoms with Crippen molar-refractivity contribution in [2.24, 2.45) is 5.73 Å². The van der Waals surface area contributed by atoms with Crippen LogP contribution in [-0.2, 0) is 16.3 Å². The lowest BCUT2D eigenvalue weighted by Gasteiger charge is -2.19. The molecule has 5 heteroatoms. The first kappa shape index (κ1) is 14.1. The Bertz CT molecular complexity index is 499. The predicted molar refractivity (Wildman–Crippen MR) is 67.1 cm³/mol. The molecule has 0 radical (unpaired) electrons. The SMILES string of the molecule is Cc1cc(F)ccc1CC(N)C(C)S(C)(=O)=O. The monoisotopic (exact) mass is 259 g/mol. The smallest absolute Gasteiger partial charge is 0.151 e. The van der Waals surface area contributed by atoms with Crippen LogP contribution >= 0.6 is 0 Å². The van der Waals surface area contributed by atoms with E-state index in [0.29, 0.717) is 6.42 Å². The quantitative estimate of drug-likeness (QED) is 0.890. The molecule has 2 atom stereocenters. The minimum Gasteiger partial charge on any atom is -0.326 e. The van der Waals surface area contributed by atoms with Crippen LogP contribution in [0.15, 0.2) is 18.2 Å². The van der Waals surface area contributed by atoms with Gasteiger partial charge in [-0.3, -0.25) is 0 Å². The molecule has 0 heterocycles. The van der Waals surface area contributed by atoms with Crippen LogP contribution in [0, 0.1) is 12.7 Å². The molecule has 96 valence electrons. The van der Waals surface area contributed by atoms with E-state index in [2.05, 4.69) is 0 Å². The number of hydrogen-bond acceptors (Lipinski definition) is 3. The zero-order valence-electron chi connectivity index (χ0n) is 10.3. The Kier molecular flexibility index (Phi) is 4.27. The van der Waals surface area contributed by atoms with Gasteiger partial charge in [0, 0.05) is 12.3 Å². The van der Waals surface area contributed by atoms with Crippen molar-refractivity contribution in [2.45, 2.75) is 31.6 Å². The van der Waals surface area contributed by atoms with E-state index in [0.717, 1.165) is 11.1 Å². The molecule has 3 nitrogen and oxygen atoms in total. The third-order valence-electron chi connectivity index (χ3n) is 3.04. The van der Waals surface area contributed by atoms with E-state index in [1.807, 2.05) is 0 Å². The first-order valence-electron chi connectivity index (χ1n) is 5.41. The highest BCUT2D eigenvalue weighted by molar-refractivity contribution is 7.91. The summed E-state index contributed by atoms with van der Waals surface area (Å²) in [6.07, 6.45) is 1.61. The van der Waals surface area contributed by atoms with Crippen molar-refractivity contribution in [2.75, 3.05) is 6.26 Å². The van der Waals surface area contributed by atoms with Crippen molar-refractivity contribution in [1.82, 2.24) is 0 Å². The highest BCUT2D eigenvalue weighted by atomic mass is 32.2. The molecular formula is C12H18FNO2S. The topological polar surface area (TPSA) is 60.2 Å². The average molecular weight is 259 g/mol. The third-order valence-corrected chi connectivity index (χ3v) is 4.74. The maximum absolute atomic E-state index is 12.9. The summed E-state index contributed by atoms with van der Waals surface area (Å²) >= 11 is 0. The van der Waals surface area contributed by atoms with Crippen molar-refractivity contribution in [3.05, 3.63) is 35.1 Å². The molecule has 0 saturated carbocycles. The van der Waals surface area contributed by atoms with Gasteiger partial charge in [-0.25, -0.2) is 12.8 Å². The van der Waals surface area contributed by atoms with Crippen LogP contribution in [-0.4, -0.2) is 26.0 Å². The Morgan fingerprint density at radius 1 is 1.41 bits per heavy atom. The molecular weight excluding hydrogens is 241 g/mol. The number of sulfone groups is 1. The van der Waals surface area contributed by atoms with Gasteiger partial charge in [-0.1, -0.05) is 6.07 Å². The van der Waals surface area contributed by atoms with Crippen LogP contribution in [0.3, 0.4) is 0 Å². The Hall–Kier alpha value is -0.940. The lowest BCUT2D eigenvalue weighted by Crippen LogP contribution is -2.39. The molecule has 17 heavy (non-hydrogen) atoms. The number of aryl methyl sites for hydroxylation is 1. The number of hydrogen-bond donors (Lipinski definition) is 1. The highest BCUT2D eigenvalue weighted by Gasteiger charge is 2.23. The number of rotatable bonds is 4. The molecule has 0 fully saturated rings. The van der Waals surface area contributed by atoms with E-state index in [1.54, 1.807) is 19.9 Å². The van der Waals surface area contributed by atoms with Gasteiger partial charge in [0.2, 0.25) is 0 Å². The van der Waals surface area contributed by atoms with Gasteiger partial charge in [-0.15, -0.1) is 0 Å². The van der Waals surface area contributed by atoms with Crippen LogP contribution in [0.25, 0.3) is 0 Å². The Morgan fingerprint density at radius 2 is 2.00 bits per heavy atom. The normalized spacial score (nSPS) is 15.6. The third kappa shape index (κ3) is 3.78. The molecule has 0 amide bonds. The van der Waals surface area contributed by atoms with Crippen molar-refractivity contribution >= 4 is 9.84 Å². The summed E-state index contributed by atoms with van der Waals surface area (Å²) in [7, 11) is -3.14. The van der Waals surface area contributed by atoms with Crippen molar-refractivity contribution in [3.63, 3.8) is 0 Å². The van der Waals surface area contributed by atoms with Crippen LogP contribution in [0.5, 0.6) is 0 Å². The van der Waals surface area contributed by atoms with E-state index in [9.17, 15) is 12.8 Å². The number of halogens is 1. The zero-order chi connectivity index (χ0) is 13.2. The van der Waals surface area contributed by atoms with Gasteiger partial charge >= 0.3 is 0 Å². The van der Waals surface area contributed by atoms with E-state index in [4.69, 9.17) is 5.73 Å². The largest absolute Gasteiger partial charge is 0.326 e. The maximum atomic E-state index is 12.9. The lowest BCUT2D eigenvalue weighted by molar-refractivity contribution is 0.561. The Labute approximate surface area is 102 Å². The van der Waals surface area contributed by atoms with Gasteiger partial charge in [0.05, 0.1) is 5.25 Å². The van der Waals surface area contributed by atoms with Gasteiger partial charge in [0.25, 0.3) is 0 Å². The molecule has 0 aliphatic carbocycles. The van der Waals surface area contributed by atoms with Crippen molar-refractivity contribution < 1.29 is 12.8 Å². The highest BCUT2D eigenvalue weighted by Crippen LogP contribution is 2.14. The summed E-state index contributed by atoms with van der Waals surface area (Å²) in [6, 6.07) is 3.96. The minimum absolute atomic E-state index is 0.295. The fourth-order valence-corrected chi connectivity index (χ4v) is 2.36. The van der Waals surface area contributed by atoms with E-state index < -0.39 is 21.1 Å². The molecule has 0 bridgehead atoms. The summed E-state index contributed by atoms with van der Waals surface area (Å²) in [5.74, 6) is -0.295. The summed E-state index contributed by atoms with van der Waals surface area (Å²) in [6.45, 7) is 3.38. The summed E-state index contributed by atoms with van der Waals surface area (Å²) in [5.41, 5.74) is 7.55. The van der Waals surface area contributed by atoms with Gasteiger partial charge in [-0.2, -0.15) is 0 Å². The van der Waals surface area contributed by atoms with Gasteiger partial charge in [-0.05, 0) is 43.5 Å². The molecule has 0 saturated heterocycles. The zero-order valence-corrected chi connectivity index (χ0v) is 11.1. The van der Waals surface area contributed by atoms with Gasteiger partial charge in [0.15, 0.2) is 9.84 Å². The first-order valence-corrected chi connectivity index (χ1v) is 7.36. The first-order chi connectivity index (χ1) is 7.71. The standard InChI is InChI=1S/C12H18FNO2S/c1-8-6-11(13)5-4-10(8)7-12(14)9(2)17(3,15)16/h4-6,9,12H,7,14H2,1-3H3. The van der Waals surface area contributed by atoms with Crippen LogP contribution in [0.2, 0.25) is 0 Å². The predicted octanol–water partition coefficient (Wildman–Crippen LogP) is 1.44. The molecule has 1 aromatic rings. The van der Waals surface area contributed by atoms with Crippen LogP contribution in [0.4, 0.5) is 4.39 Å². The fourth-order valence-electron chi connectivity index (χ4n) is 1.63. The molecule has 2 N–H and O–H groups in total. The molecule has 1 aromatic carbocycles. The van der Waals surface area contributed by atoms with Crippen LogP contribution < -0.4 is 5.73 Å². The Balaban J connectivity index is 2.85. The van der Waals surface area contributed by atoms with Crippen LogP contribution in [0.1, 0.15) is 18.1 Å². The van der Waals surface area contributed by atoms with Gasteiger partial charge < -0.3 is 5.73 Å². The van der Waals surface area contributed by atoms with E-state index in [1.165, 1.54) is 18.4 Å².